The van der Waals surface area contributed by atoms with Crippen molar-refractivity contribution in [2.75, 3.05) is 0 Å². The molecule has 1 atom stereocenters. The Morgan fingerprint density at radius 1 is 1.29 bits per heavy atom. The SMILES string of the molecule is CCC(C)/C(C)=C/c1ccc(C)cc1. The first-order valence-corrected chi connectivity index (χ1v) is 5.38. The molecule has 0 nitrogen and oxygen atoms in total. The van der Waals surface area contributed by atoms with E-state index in [1.807, 2.05) is 0 Å². The summed E-state index contributed by atoms with van der Waals surface area (Å²) in [4.78, 5) is 0. The first-order chi connectivity index (χ1) is 6.63. The summed E-state index contributed by atoms with van der Waals surface area (Å²) in [6.45, 7) is 8.85. The van der Waals surface area contributed by atoms with Crippen LogP contribution < -0.4 is 0 Å². The average molecular weight is 188 g/mol. The molecule has 0 bridgehead atoms. The lowest BCUT2D eigenvalue weighted by Gasteiger charge is -2.08. The van der Waals surface area contributed by atoms with Gasteiger partial charge >= 0.3 is 0 Å². The summed E-state index contributed by atoms with van der Waals surface area (Å²) in [7, 11) is 0. The first-order valence-electron chi connectivity index (χ1n) is 5.38. The third-order valence-corrected chi connectivity index (χ3v) is 2.86. The van der Waals surface area contributed by atoms with Crippen LogP contribution in [0.4, 0.5) is 0 Å². The molecule has 1 rings (SSSR count). The van der Waals surface area contributed by atoms with Gasteiger partial charge in [-0.25, -0.2) is 0 Å². The van der Waals surface area contributed by atoms with E-state index in [0.717, 1.165) is 0 Å². The maximum Gasteiger partial charge on any atom is -0.0234 e. The van der Waals surface area contributed by atoms with Gasteiger partial charge in [-0.2, -0.15) is 0 Å². The summed E-state index contributed by atoms with van der Waals surface area (Å²) in [5.74, 6) is 0.691. The van der Waals surface area contributed by atoms with Crippen molar-refractivity contribution < 1.29 is 0 Å². The third kappa shape index (κ3) is 3.02. The normalized spacial score (nSPS) is 14.1. The second kappa shape index (κ2) is 4.99. The molecule has 0 aliphatic rings. The molecule has 0 saturated heterocycles. The van der Waals surface area contributed by atoms with E-state index in [9.17, 15) is 0 Å². The fourth-order valence-electron chi connectivity index (χ4n) is 1.39. The van der Waals surface area contributed by atoms with Crippen LogP contribution in [0.15, 0.2) is 29.8 Å². The molecule has 0 N–H and O–H groups in total. The molecule has 14 heavy (non-hydrogen) atoms. The number of benzene rings is 1. The molecule has 0 aliphatic carbocycles. The maximum absolute atomic E-state index is 2.29. The molecule has 76 valence electrons. The zero-order valence-corrected chi connectivity index (χ0v) is 9.67. The molecule has 0 aromatic heterocycles. The monoisotopic (exact) mass is 188 g/mol. The average Bonchev–Trinajstić information content (AvgIpc) is 2.20. The van der Waals surface area contributed by atoms with Crippen molar-refractivity contribution in [3.05, 3.63) is 41.0 Å². The van der Waals surface area contributed by atoms with Gasteiger partial charge in [0.1, 0.15) is 0 Å². The standard InChI is InChI=1S/C14H20/c1-5-12(3)13(4)10-14-8-6-11(2)7-9-14/h6-10,12H,5H2,1-4H3/b13-10+. The van der Waals surface area contributed by atoms with Crippen LogP contribution in [0.3, 0.4) is 0 Å². The highest BCUT2D eigenvalue weighted by Gasteiger charge is 2.00. The molecule has 0 radical (unpaired) electrons. The topological polar surface area (TPSA) is 0 Å². The van der Waals surface area contributed by atoms with Gasteiger partial charge in [-0.05, 0) is 31.7 Å². The van der Waals surface area contributed by atoms with Gasteiger partial charge in [-0.3, -0.25) is 0 Å². The van der Waals surface area contributed by atoms with Crippen LogP contribution in [0.2, 0.25) is 0 Å². The number of allylic oxidation sites excluding steroid dienone is 1. The van der Waals surface area contributed by atoms with E-state index in [1.165, 1.54) is 23.1 Å². The first kappa shape index (κ1) is 11.0. The van der Waals surface area contributed by atoms with Crippen molar-refractivity contribution in [1.29, 1.82) is 0 Å². The Bertz CT molecular complexity index is 303. The third-order valence-electron chi connectivity index (χ3n) is 2.86. The van der Waals surface area contributed by atoms with E-state index >= 15 is 0 Å². The highest BCUT2D eigenvalue weighted by atomic mass is 14.1. The minimum Gasteiger partial charge on any atom is -0.0699 e. The van der Waals surface area contributed by atoms with Gasteiger partial charge in [-0.1, -0.05) is 55.3 Å². The number of aryl methyl sites for hydroxylation is 1. The molecule has 0 amide bonds. The van der Waals surface area contributed by atoms with Gasteiger partial charge in [0.15, 0.2) is 0 Å². The van der Waals surface area contributed by atoms with Crippen LogP contribution in [0.25, 0.3) is 6.08 Å². The maximum atomic E-state index is 2.29. The fourth-order valence-corrected chi connectivity index (χ4v) is 1.39. The molecule has 1 unspecified atom stereocenters. The van der Waals surface area contributed by atoms with Crippen LogP contribution >= 0.6 is 0 Å². The molecule has 0 saturated carbocycles. The van der Waals surface area contributed by atoms with Crippen molar-refractivity contribution in [3.8, 4) is 0 Å². The summed E-state index contributed by atoms with van der Waals surface area (Å²) in [5, 5.41) is 0. The van der Waals surface area contributed by atoms with Crippen molar-refractivity contribution in [3.63, 3.8) is 0 Å². The molecule has 0 heterocycles. The Balaban J connectivity index is 2.81. The Labute approximate surface area is 87.7 Å². The summed E-state index contributed by atoms with van der Waals surface area (Å²) >= 11 is 0. The molecule has 1 aromatic rings. The van der Waals surface area contributed by atoms with Gasteiger partial charge < -0.3 is 0 Å². The predicted octanol–water partition coefficient (Wildman–Crippen LogP) is 4.44. The summed E-state index contributed by atoms with van der Waals surface area (Å²) < 4.78 is 0. The molecular formula is C14H20. The van der Waals surface area contributed by atoms with Crippen LogP contribution in [-0.4, -0.2) is 0 Å². The van der Waals surface area contributed by atoms with Crippen LogP contribution in [0, 0.1) is 12.8 Å². The quantitative estimate of drug-likeness (QED) is 0.657. The summed E-state index contributed by atoms with van der Waals surface area (Å²) in [5.41, 5.74) is 4.10. The van der Waals surface area contributed by atoms with E-state index in [-0.39, 0.29) is 0 Å². The van der Waals surface area contributed by atoms with E-state index in [4.69, 9.17) is 0 Å². The lowest BCUT2D eigenvalue weighted by Crippen LogP contribution is -1.93. The van der Waals surface area contributed by atoms with Crippen molar-refractivity contribution >= 4 is 6.08 Å². The van der Waals surface area contributed by atoms with Gasteiger partial charge in [0.2, 0.25) is 0 Å². The van der Waals surface area contributed by atoms with Crippen LogP contribution in [-0.2, 0) is 0 Å². The Morgan fingerprint density at radius 3 is 2.36 bits per heavy atom. The van der Waals surface area contributed by atoms with Crippen molar-refractivity contribution in [2.45, 2.75) is 34.1 Å². The van der Waals surface area contributed by atoms with Crippen LogP contribution in [0.5, 0.6) is 0 Å². The van der Waals surface area contributed by atoms with Crippen molar-refractivity contribution in [1.82, 2.24) is 0 Å². The van der Waals surface area contributed by atoms with Gasteiger partial charge in [0, 0.05) is 0 Å². The molecule has 0 heteroatoms. The second-order valence-electron chi connectivity index (χ2n) is 4.11. The minimum absolute atomic E-state index is 0.691. The predicted molar refractivity (Wildman–Crippen MR) is 64.3 cm³/mol. The Kier molecular flexibility index (Phi) is 3.94. The van der Waals surface area contributed by atoms with Crippen molar-refractivity contribution in [2.24, 2.45) is 5.92 Å². The molecular weight excluding hydrogens is 168 g/mol. The number of rotatable bonds is 3. The number of hydrogen-bond acceptors (Lipinski definition) is 0. The molecule has 0 spiro atoms. The summed E-state index contributed by atoms with van der Waals surface area (Å²) in [6, 6.07) is 8.69. The lowest BCUT2D eigenvalue weighted by molar-refractivity contribution is 0.660. The van der Waals surface area contributed by atoms with E-state index in [2.05, 4.69) is 58.0 Å². The van der Waals surface area contributed by atoms with Gasteiger partial charge in [0.25, 0.3) is 0 Å². The lowest BCUT2D eigenvalue weighted by atomic mass is 9.98. The largest absolute Gasteiger partial charge is 0.0699 e. The molecule has 0 fully saturated rings. The van der Waals surface area contributed by atoms with E-state index < -0.39 is 0 Å². The van der Waals surface area contributed by atoms with Gasteiger partial charge in [0.05, 0.1) is 0 Å². The minimum atomic E-state index is 0.691. The van der Waals surface area contributed by atoms with Crippen LogP contribution in [0.1, 0.15) is 38.3 Å². The van der Waals surface area contributed by atoms with E-state index in [1.54, 1.807) is 0 Å². The van der Waals surface area contributed by atoms with Gasteiger partial charge in [-0.15, -0.1) is 0 Å². The molecule has 0 aliphatic heterocycles. The Hall–Kier alpha value is -1.04. The highest BCUT2D eigenvalue weighted by molar-refractivity contribution is 5.53. The fraction of sp³-hybridized carbons (Fsp3) is 0.429. The summed E-state index contributed by atoms with van der Waals surface area (Å²) in [6.07, 6.45) is 3.50. The van der Waals surface area contributed by atoms with E-state index in [0.29, 0.717) is 5.92 Å². The zero-order valence-electron chi connectivity index (χ0n) is 9.67. The zero-order chi connectivity index (χ0) is 10.6. The molecule has 1 aromatic carbocycles. The Morgan fingerprint density at radius 2 is 1.86 bits per heavy atom. The number of hydrogen-bond donors (Lipinski definition) is 0. The highest BCUT2D eigenvalue weighted by Crippen LogP contribution is 2.17. The smallest absolute Gasteiger partial charge is 0.0234 e. The second-order valence-corrected chi connectivity index (χ2v) is 4.11.